The van der Waals surface area contributed by atoms with Gasteiger partial charge in [-0.15, -0.1) is 0 Å². The number of halogens is 3. The predicted molar refractivity (Wildman–Crippen MR) is 70.0 cm³/mol. The fourth-order valence-electron chi connectivity index (χ4n) is 1.42. The molecular formula is C11H9Cl2FN4. The topological polar surface area (TPSA) is 63.8 Å². The molecule has 0 aliphatic heterocycles. The van der Waals surface area contributed by atoms with Crippen molar-refractivity contribution < 1.29 is 4.39 Å². The van der Waals surface area contributed by atoms with Crippen LogP contribution in [0.2, 0.25) is 10.0 Å². The van der Waals surface area contributed by atoms with Crippen molar-refractivity contribution >= 4 is 29.0 Å². The summed E-state index contributed by atoms with van der Waals surface area (Å²) < 4.78 is 13.5. The zero-order valence-electron chi connectivity index (χ0n) is 9.34. The van der Waals surface area contributed by atoms with Crippen molar-refractivity contribution in [3.8, 4) is 11.4 Å². The minimum absolute atomic E-state index is 0.0661. The first-order valence-corrected chi connectivity index (χ1v) is 5.74. The second-order valence-electron chi connectivity index (χ2n) is 3.57. The normalized spacial score (nSPS) is 10.5. The van der Waals surface area contributed by atoms with Crippen molar-refractivity contribution in [2.75, 3.05) is 5.43 Å². The molecule has 1 aromatic carbocycles. The molecule has 0 unspecified atom stereocenters. The first kappa shape index (κ1) is 13.0. The molecule has 18 heavy (non-hydrogen) atoms. The van der Waals surface area contributed by atoms with Gasteiger partial charge in [0.1, 0.15) is 0 Å². The van der Waals surface area contributed by atoms with Crippen LogP contribution in [0.3, 0.4) is 0 Å². The number of nitrogen functional groups attached to an aromatic ring is 1. The Morgan fingerprint density at radius 2 is 1.94 bits per heavy atom. The molecule has 4 nitrogen and oxygen atoms in total. The van der Waals surface area contributed by atoms with Crippen LogP contribution in [-0.2, 0) is 0 Å². The van der Waals surface area contributed by atoms with E-state index in [1.54, 1.807) is 18.2 Å². The monoisotopic (exact) mass is 286 g/mol. The van der Waals surface area contributed by atoms with Gasteiger partial charge in [-0.05, 0) is 25.1 Å². The van der Waals surface area contributed by atoms with Gasteiger partial charge in [0.2, 0.25) is 0 Å². The van der Waals surface area contributed by atoms with E-state index in [0.29, 0.717) is 21.4 Å². The number of aryl methyl sites for hydroxylation is 1. The summed E-state index contributed by atoms with van der Waals surface area (Å²) in [5, 5.41) is 0.804. The second kappa shape index (κ2) is 5.06. The molecule has 94 valence electrons. The van der Waals surface area contributed by atoms with Gasteiger partial charge in [-0.3, -0.25) is 0 Å². The minimum atomic E-state index is -0.582. The second-order valence-corrected chi connectivity index (χ2v) is 4.38. The fraction of sp³-hybridized carbons (Fsp3) is 0.0909. The molecule has 0 saturated heterocycles. The average Bonchev–Trinajstić information content (AvgIpc) is 2.36. The molecule has 2 aromatic rings. The van der Waals surface area contributed by atoms with Crippen molar-refractivity contribution in [2.45, 2.75) is 6.92 Å². The van der Waals surface area contributed by atoms with Gasteiger partial charge in [0.05, 0.1) is 15.7 Å². The van der Waals surface area contributed by atoms with Crippen LogP contribution in [0.4, 0.5) is 10.2 Å². The van der Waals surface area contributed by atoms with Gasteiger partial charge in [-0.2, -0.15) is 0 Å². The smallest absolute Gasteiger partial charge is 0.187 e. The molecule has 0 aliphatic carbocycles. The number of nitrogens with one attached hydrogen (secondary N) is 1. The van der Waals surface area contributed by atoms with E-state index in [2.05, 4.69) is 15.4 Å². The molecule has 7 heteroatoms. The summed E-state index contributed by atoms with van der Waals surface area (Å²) in [6.45, 7) is 1.53. The molecular weight excluding hydrogens is 278 g/mol. The summed E-state index contributed by atoms with van der Waals surface area (Å²) in [6.07, 6.45) is 0. The van der Waals surface area contributed by atoms with Crippen LogP contribution in [0.25, 0.3) is 11.4 Å². The zero-order valence-corrected chi connectivity index (χ0v) is 10.8. The quantitative estimate of drug-likeness (QED) is 0.657. The van der Waals surface area contributed by atoms with Crippen LogP contribution in [0.5, 0.6) is 0 Å². The largest absolute Gasteiger partial charge is 0.306 e. The van der Waals surface area contributed by atoms with Crippen molar-refractivity contribution in [2.24, 2.45) is 5.84 Å². The maximum absolute atomic E-state index is 13.5. The van der Waals surface area contributed by atoms with Crippen LogP contribution in [0.1, 0.15) is 5.69 Å². The van der Waals surface area contributed by atoms with Crippen LogP contribution >= 0.6 is 23.2 Å². The Hall–Kier alpha value is -1.43. The van der Waals surface area contributed by atoms with Crippen LogP contribution in [-0.4, -0.2) is 9.97 Å². The molecule has 0 aliphatic rings. The fourth-order valence-corrected chi connectivity index (χ4v) is 1.72. The van der Waals surface area contributed by atoms with Gasteiger partial charge in [0, 0.05) is 5.56 Å². The van der Waals surface area contributed by atoms with Crippen molar-refractivity contribution in [3.63, 3.8) is 0 Å². The first-order chi connectivity index (χ1) is 8.52. The van der Waals surface area contributed by atoms with Gasteiger partial charge < -0.3 is 5.43 Å². The van der Waals surface area contributed by atoms with Gasteiger partial charge in [-0.25, -0.2) is 20.2 Å². The number of benzene rings is 1. The summed E-state index contributed by atoms with van der Waals surface area (Å²) in [7, 11) is 0. The van der Waals surface area contributed by atoms with Crippen molar-refractivity contribution in [1.82, 2.24) is 9.97 Å². The highest BCUT2D eigenvalue weighted by atomic mass is 35.5. The maximum atomic E-state index is 13.5. The lowest BCUT2D eigenvalue weighted by Gasteiger charge is -2.07. The van der Waals surface area contributed by atoms with Gasteiger partial charge in [0.25, 0.3) is 0 Å². The molecule has 3 N–H and O–H groups in total. The highest BCUT2D eigenvalue weighted by Gasteiger charge is 2.12. The van der Waals surface area contributed by atoms with E-state index < -0.39 is 5.82 Å². The molecule has 1 heterocycles. The third kappa shape index (κ3) is 2.38. The molecule has 0 spiro atoms. The van der Waals surface area contributed by atoms with Gasteiger partial charge >= 0.3 is 0 Å². The lowest BCUT2D eigenvalue weighted by Crippen LogP contribution is -2.13. The Labute approximate surface area is 113 Å². The van der Waals surface area contributed by atoms with E-state index in [9.17, 15) is 4.39 Å². The Morgan fingerprint density at radius 3 is 2.56 bits per heavy atom. The van der Waals surface area contributed by atoms with E-state index in [-0.39, 0.29) is 11.5 Å². The van der Waals surface area contributed by atoms with E-state index in [0.717, 1.165) is 0 Å². The van der Waals surface area contributed by atoms with E-state index in [1.165, 1.54) is 6.92 Å². The number of rotatable bonds is 2. The van der Waals surface area contributed by atoms with Crippen LogP contribution < -0.4 is 11.3 Å². The average molecular weight is 287 g/mol. The molecule has 0 radical (unpaired) electrons. The summed E-state index contributed by atoms with van der Waals surface area (Å²) in [5.74, 6) is 4.86. The summed E-state index contributed by atoms with van der Waals surface area (Å²) in [5.41, 5.74) is 3.01. The highest BCUT2D eigenvalue weighted by molar-refractivity contribution is 6.42. The number of hydrogen-bond donors (Lipinski definition) is 2. The molecule has 0 saturated carbocycles. The Morgan fingerprint density at radius 1 is 1.22 bits per heavy atom. The standard InChI is InChI=1S/C11H9Cl2FN4/c1-5-9(14)11(18-15)17-10(16-5)6-2-3-7(12)8(13)4-6/h2-4H,15H2,1H3,(H,16,17,18). The first-order valence-electron chi connectivity index (χ1n) is 4.99. The van der Waals surface area contributed by atoms with Gasteiger partial charge in [0.15, 0.2) is 17.5 Å². The lowest BCUT2D eigenvalue weighted by molar-refractivity contribution is 0.606. The molecule has 1 aromatic heterocycles. The lowest BCUT2D eigenvalue weighted by atomic mass is 10.2. The molecule has 0 atom stereocenters. The number of anilines is 1. The minimum Gasteiger partial charge on any atom is -0.306 e. The molecule has 0 fully saturated rings. The number of hydrazine groups is 1. The number of hydrogen-bond acceptors (Lipinski definition) is 4. The van der Waals surface area contributed by atoms with Crippen LogP contribution in [0.15, 0.2) is 18.2 Å². The Bertz CT molecular complexity index is 604. The molecule has 0 amide bonds. The van der Waals surface area contributed by atoms with E-state index in [1.807, 2.05) is 0 Å². The number of nitrogens with zero attached hydrogens (tertiary/aromatic N) is 2. The Kier molecular flexibility index (Phi) is 3.65. The van der Waals surface area contributed by atoms with Gasteiger partial charge in [-0.1, -0.05) is 23.2 Å². The summed E-state index contributed by atoms with van der Waals surface area (Å²) >= 11 is 11.7. The molecule has 0 bridgehead atoms. The Balaban J connectivity index is 2.57. The third-order valence-corrected chi connectivity index (χ3v) is 3.07. The van der Waals surface area contributed by atoms with Crippen molar-refractivity contribution in [3.05, 3.63) is 39.8 Å². The number of aromatic nitrogens is 2. The number of nitrogens with two attached hydrogens (primary N) is 1. The summed E-state index contributed by atoms with van der Waals surface area (Å²) in [4.78, 5) is 8.01. The zero-order chi connectivity index (χ0) is 13.3. The summed E-state index contributed by atoms with van der Waals surface area (Å²) in [6, 6.07) is 4.93. The van der Waals surface area contributed by atoms with Crippen molar-refractivity contribution in [1.29, 1.82) is 0 Å². The molecule has 2 rings (SSSR count). The highest BCUT2D eigenvalue weighted by Crippen LogP contribution is 2.28. The SMILES string of the molecule is Cc1nc(-c2ccc(Cl)c(Cl)c2)nc(NN)c1F. The predicted octanol–water partition coefficient (Wildman–Crippen LogP) is 3.18. The van der Waals surface area contributed by atoms with Crippen LogP contribution in [0, 0.1) is 12.7 Å². The van der Waals surface area contributed by atoms with E-state index in [4.69, 9.17) is 29.0 Å². The third-order valence-electron chi connectivity index (χ3n) is 2.33. The van der Waals surface area contributed by atoms with E-state index >= 15 is 0 Å². The maximum Gasteiger partial charge on any atom is 0.187 e.